The topological polar surface area (TPSA) is 70.5 Å². The van der Waals surface area contributed by atoms with Crippen molar-refractivity contribution in [3.05, 3.63) is 51.0 Å². The van der Waals surface area contributed by atoms with E-state index in [0.717, 1.165) is 66.3 Å². The summed E-state index contributed by atoms with van der Waals surface area (Å²) >= 11 is 1.53. The number of hydrogen-bond donors (Lipinski definition) is 1. The normalized spacial score (nSPS) is 15.1. The molecule has 2 heterocycles. The molecule has 1 fully saturated rings. The van der Waals surface area contributed by atoms with E-state index in [-0.39, 0.29) is 5.91 Å². The van der Waals surface area contributed by atoms with Crippen LogP contribution in [0.15, 0.2) is 24.3 Å². The molecule has 1 aromatic carbocycles. The first-order valence-corrected chi connectivity index (χ1v) is 10.4. The molecular formula is C21H26N2O3S. The molecule has 1 saturated heterocycles. The smallest absolute Gasteiger partial charge is 0.335 e. The molecule has 1 aliphatic heterocycles. The number of aromatic carboxylic acids is 1. The number of aryl methyl sites for hydroxylation is 2. The summed E-state index contributed by atoms with van der Waals surface area (Å²) in [5.74, 6) is -0.369. The van der Waals surface area contributed by atoms with Gasteiger partial charge in [0, 0.05) is 13.1 Å². The van der Waals surface area contributed by atoms with Crippen molar-refractivity contribution in [3.8, 4) is 0 Å². The third-order valence-corrected chi connectivity index (χ3v) is 6.36. The van der Waals surface area contributed by atoms with Crippen molar-refractivity contribution in [2.45, 2.75) is 46.0 Å². The summed E-state index contributed by atoms with van der Waals surface area (Å²) in [6, 6.07) is 7.22. The summed E-state index contributed by atoms with van der Waals surface area (Å²) in [7, 11) is 0. The van der Waals surface area contributed by atoms with Gasteiger partial charge in [-0.2, -0.15) is 0 Å². The number of carbonyl (C=O) groups is 2. The van der Waals surface area contributed by atoms with Crippen LogP contribution in [-0.4, -0.2) is 40.0 Å². The number of thiazole rings is 1. The summed E-state index contributed by atoms with van der Waals surface area (Å²) < 4.78 is 0. The summed E-state index contributed by atoms with van der Waals surface area (Å²) in [6.45, 7) is 5.47. The molecule has 0 saturated carbocycles. The molecule has 3 rings (SSSR count). The number of piperidine rings is 1. The summed E-state index contributed by atoms with van der Waals surface area (Å²) in [6.07, 6.45) is 4.51. The molecule has 1 N–H and O–H groups in total. The van der Waals surface area contributed by atoms with E-state index in [2.05, 4.69) is 11.9 Å². The van der Waals surface area contributed by atoms with Crippen LogP contribution in [0.1, 0.15) is 62.5 Å². The van der Waals surface area contributed by atoms with Crippen molar-refractivity contribution >= 4 is 23.2 Å². The lowest BCUT2D eigenvalue weighted by Crippen LogP contribution is -2.38. The number of likely N-dealkylation sites (tertiary alicyclic amines) is 1. The van der Waals surface area contributed by atoms with Crippen LogP contribution >= 0.6 is 11.3 Å². The zero-order valence-electron chi connectivity index (χ0n) is 15.9. The third-order valence-electron chi connectivity index (χ3n) is 5.16. The monoisotopic (exact) mass is 386 g/mol. The maximum Gasteiger partial charge on any atom is 0.335 e. The molecule has 1 aliphatic rings. The predicted molar refractivity (Wildman–Crippen MR) is 107 cm³/mol. The minimum atomic E-state index is -0.873. The molecule has 0 spiro atoms. The summed E-state index contributed by atoms with van der Waals surface area (Å²) in [4.78, 5) is 31.5. The highest BCUT2D eigenvalue weighted by atomic mass is 32.1. The number of carboxylic acids is 1. The van der Waals surface area contributed by atoms with Crippen molar-refractivity contribution < 1.29 is 14.7 Å². The highest BCUT2D eigenvalue weighted by Gasteiger charge is 2.27. The lowest BCUT2D eigenvalue weighted by molar-refractivity contribution is 0.0694. The fourth-order valence-electron chi connectivity index (χ4n) is 3.67. The molecular weight excluding hydrogens is 360 g/mol. The molecule has 6 heteroatoms. The summed E-state index contributed by atoms with van der Waals surface area (Å²) in [5, 5.41) is 10.4. The van der Waals surface area contributed by atoms with Gasteiger partial charge in [-0.3, -0.25) is 4.79 Å². The minimum Gasteiger partial charge on any atom is -0.478 e. The Hall–Kier alpha value is -2.21. The lowest BCUT2D eigenvalue weighted by Gasteiger charge is -2.32. The Balaban J connectivity index is 1.61. The fraction of sp³-hybridized carbons (Fsp3) is 0.476. The number of benzene rings is 1. The van der Waals surface area contributed by atoms with Gasteiger partial charge in [0.25, 0.3) is 5.91 Å². The highest BCUT2D eigenvalue weighted by molar-refractivity contribution is 7.13. The first-order chi connectivity index (χ1) is 13.0. The van der Waals surface area contributed by atoms with Crippen molar-refractivity contribution in [3.63, 3.8) is 0 Å². The van der Waals surface area contributed by atoms with Crippen LogP contribution in [0.5, 0.6) is 0 Å². The predicted octanol–water partition coefficient (Wildman–Crippen LogP) is 4.20. The Bertz CT molecular complexity index is 823. The first kappa shape index (κ1) is 19.5. The van der Waals surface area contributed by atoms with E-state index < -0.39 is 5.97 Å². The molecule has 5 nitrogen and oxygen atoms in total. The van der Waals surface area contributed by atoms with Gasteiger partial charge in [0.05, 0.1) is 16.3 Å². The number of nitrogens with zero attached hydrogens (tertiary/aromatic N) is 2. The second kappa shape index (κ2) is 8.65. The number of hydrogen-bond acceptors (Lipinski definition) is 4. The number of carbonyl (C=O) groups excluding carboxylic acids is 1. The number of aromatic nitrogens is 1. The quantitative estimate of drug-likeness (QED) is 0.808. The van der Waals surface area contributed by atoms with E-state index in [4.69, 9.17) is 0 Å². The van der Waals surface area contributed by atoms with Crippen LogP contribution in [0.2, 0.25) is 0 Å². The standard InChI is InChI=1S/C21H26N2O3S/c1-3-6-18-22-14(2)19(27-18)20(24)23-11-9-15(10-12-23)13-16-7-4-5-8-17(16)21(25)26/h4-5,7-8,15H,3,6,9-13H2,1-2H3,(H,25,26). The SMILES string of the molecule is CCCc1nc(C)c(C(=O)N2CCC(Cc3ccccc3C(=O)O)CC2)s1. The molecule has 0 unspecified atom stereocenters. The Labute approximate surface area is 164 Å². The van der Waals surface area contributed by atoms with E-state index in [1.807, 2.05) is 24.0 Å². The van der Waals surface area contributed by atoms with Crippen molar-refractivity contribution in [1.82, 2.24) is 9.88 Å². The Morgan fingerprint density at radius 3 is 2.63 bits per heavy atom. The van der Waals surface area contributed by atoms with Crippen LogP contribution < -0.4 is 0 Å². The highest BCUT2D eigenvalue weighted by Crippen LogP contribution is 2.27. The Kier molecular flexibility index (Phi) is 6.26. The van der Waals surface area contributed by atoms with E-state index in [1.165, 1.54) is 11.3 Å². The molecule has 144 valence electrons. The molecule has 0 atom stereocenters. The van der Waals surface area contributed by atoms with Gasteiger partial charge < -0.3 is 10.0 Å². The van der Waals surface area contributed by atoms with Gasteiger partial charge in [-0.15, -0.1) is 11.3 Å². The van der Waals surface area contributed by atoms with Crippen molar-refractivity contribution in [2.24, 2.45) is 5.92 Å². The molecule has 2 aromatic rings. The van der Waals surface area contributed by atoms with Crippen LogP contribution in [0, 0.1) is 12.8 Å². The van der Waals surface area contributed by atoms with Crippen LogP contribution in [0.25, 0.3) is 0 Å². The molecule has 0 bridgehead atoms. The van der Waals surface area contributed by atoms with Crippen molar-refractivity contribution in [2.75, 3.05) is 13.1 Å². The number of amides is 1. The van der Waals surface area contributed by atoms with Crippen LogP contribution in [0.4, 0.5) is 0 Å². The Morgan fingerprint density at radius 2 is 1.96 bits per heavy atom. The molecule has 27 heavy (non-hydrogen) atoms. The maximum atomic E-state index is 12.9. The minimum absolute atomic E-state index is 0.0942. The Morgan fingerprint density at radius 1 is 1.26 bits per heavy atom. The third kappa shape index (κ3) is 4.56. The molecule has 0 radical (unpaired) electrons. The first-order valence-electron chi connectivity index (χ1n) is 9.56. The average molecular weight is 387 g/mol. The number of carboxylic acid groups (broad SMARTS) is 1. The van der Waals surface area contributed by atoms with Gasteiger partial charge in [0.1, 0.15) is 4.88 Å². The number of rotatable bonds is 6. The molecule has 1 aromatic heterocycles. The van der Waals surface area contributed by atoms with Gasteiger partial charge in [-0.1, -0.05) is 25.1 Å². The second-order valence-corrected chi connectivity index (χ2v) is 8.26. The van der Waals surface area contributed by atoms with E-state index in [9.17, 15) is 14.7 Å². The van der Waals surface area contributed by atoms with Gasteiger partial charge >= 0.3 is 5.97 Å². The van der Waals surface area contributed by atoms with Crippen LogP contribution in [-0.2, 0) is 12.8 Å². The zero-order valence-corrected chi connectivity index (χ0v) is 16.7. The van der Waals surface area contributed by atoms with Gasteiger partial charge in [0.15, 0.2) is 0 Å². The van der Waals surface area contributed by atoms with E-state index in [1.54, 1.807) is 12.1 Å². The molecule has 1 amide bonds. The summed E-state index contributed by atoms with van der Waals surface area (Å²) in [5.41, 5.74) is 2.11. The van der Waals surface area contributed by atoms with Crippen molar-refractivity contribution in [1.29, 1.82) is 0 Å². The van der Waals surface area contributed by atoms with E-state index in [0.29, 0.717) is 11.5 Å². The lowest BCUT2D eigenvalue weighted by atomic mass is 9.88. The van der Waals surface area contributed by atoms with Gasteiger partial charge in [-0.25, -0.2) is 9.78 Å². The zero-order chi connectivity index (χ0) is 19.4. The fourth-order valence-corrected chi connectivity index (χ4v) is 4.81. The second-order valence-electron chi connectivity index (χ2n) is 7.17. The average Bonchev–Trinajstić information content (AvgIpc) is 3.02. The van der Waals surface area contributed by atoms with Crippen LogP contribution in [0.3, 0.4) is 0 Å². The molecule has 0 aliphatic carbocycles. The van der Waals surface area contributed by atoms with Gasteiger partial charge in [0.2, 0.25) is 0 Å². The maximum absolute atomic E-state index is 12.9. The largest absolute Gasteiger partial charge is 0.478 e. The van der Waals surface area contributed by atoms with Gasteiger partial charge in [-0.05, 0) is 56.6 Å². The van der Waals surface area contributed by atoms with E-state index >= 15 is 0 Å².